The van der Waals surface area contributed by atoms with Crippen LogP contribution in [-0.2, 0) is 42.1 Å². The Bertz CT molecular complexity index is 56.0. The Hall–Kier alpha value is 0.849. The van der Waals surface area contributed by atoms with E-state index in [2.05, 4.69) is 11.2 Å². The van der Waals surface area contributed by atoms with Gasteiger partial charge in [0.1, 0.15) is 0 Å². The first-order valence-electron chi connectivity index (χ1n) is 0.516. The predicted molar refractivity (Wildman–Crippen MR) is 18.0 cm³/mol. The fraction of sp³-hybridized carbons (Fsp3) is 0. The van der Waals surface area contributed by atoms with E-state index in [0.29, 0.717) is 0 Å². The van der Waals surface area contributed by atoms with Gasteiger partial charge in [0, 0.05) is 17.1 Å². The van der Waals surface area contributed by atoms with Crippen LogP contribution in [0.4, 0.5) is 0 Å². The van der Waals surface area contributed by atoms with E-state index < -0.39 is 9.64 Å². The summed E-state index contributed by atoms with van der Waals surface area (Å²) in [7, 11) is -2.03. The van der Waals surface area contributed by atoms with Gasteiger partial charge in [-0.05, 0) is 0 Å². The Kier molecular flexibility index (Phi) is 9.00. The quantitative estimate of drug-likeness (QED) is 0.299. The zero-order chi connectivity index (χ0) is 3.58. The van der Waals surface area contributed by atoms with Crippen molar-refractivity contribution < 1.29 is 25.8 Å². The van der Waals surface area contributed by atoms with Crippen LogP contribution in [0, 0.1) is 0 Å². The Morgan fingerprint density at radius 3 is 1.80 bits per heavy atom. The minimum Gasteiger partial charge on any atom is -0.459 e. The van der Waals surface area contributed by atoms with E-state index in [4.69, 9.17) is 8.76 Å². The molecule has 0 amide bonds. The second-order valence-corrected chi connectivity index (χ2v) is 1.51. The molecule has 34 valence electrons. The Labute approximate surface area is 47.0 Å². The maximum atomic E-state index is 8.93. The minimum atomic E-state index is -2.03. The van der Waals surface area contributed by atoms with Crippen LogP contribution in [0.25, 0.3) is 0 Å². The smallest absolute Gasteiger partial charge is 0 e. The van der Waals surface area contributed by atoms with Gasteiger partial charge in [-0.25, -0.2) is 11.2 Å². The van der Waals surface area contributed by atoms with Crippen LogP contribution in [-0.4, -0.2) is 4.55 Å². The van der Waals surface area contributed by atoms with Crippen molar-refractivity contribution in [1.29, 1.82) is 0 Å². The van der Waals surface area contributed by atoms with E-state index in [-0.39, 0.29) is 17.1 Å². The van der Waals surface area contributed by atoms with Gasteiger partial charge >= 0.3 is 0 Å². The monoisotopic (exact) mass is 153 g/mol. The van der Waals surface area contributed by atoms with Gasteiger partial charge in [-0.3, -0.25) is 0 Å². The summed E-state index contributed by atoms with van der Waals surface area (Å²) in [6.07, 6.45) is 0. The van der Waals surface area contributed by atoms with Crippen molar-refractivity contribution in [3.05, 3.63) is 0 Å². The summed E-state index contributed by atoms with van der Waals surface area (Å²) in [6.45, 7) is 0. The Balaban J connectivity index is 0. The van der Waals surface area contributed by atoms with Crippen LogP contribution >= 0.6 is 0 Å². The summed E-state index contributed by atoms with van der Waals surface area (Å²) in [5.74, 6) is 0. The van der Waals surface area contributed by atoms with E-state index in [1.165, 1.54) is 0 Å². The second-order valence-electron chi connectivity index (χ2n) is 0.217. The summed E-state index contributed by atoms with van der Waals surface area (Å²) in [5, 5.41) is 0. The second kappa shape index (κ2) is 4.85. The van der Waals surface area contributed by atoms with E-state index in [1.54, 1.807) is 0 Å². The molecule has 0 fully saturated rings. The van der Waals surface area contributed by atoms with Crippen LogP contribution in [0.15, 0.2) is 0 Å². The third-order valence-corrected chi connectivity index (χ3v) is 0. The molecule has 0 saturated heterocycles. The maximum Gasteiger partial charge on any atom is 0 e. The predicted octanol–water partition coefficient (Wildman–Crippen LogP) is -0.117. The van der Waals surface area contributed by atoms with Gasteiger partial charge in [0.25, 0.3) is 0 Å². The van der Waals surface area contributed by atoms with Gasteiger partial charge < -0.3 is 8.76 Å². The third-order valence-electron chi connectivity index (χ3n) is 0. The number of rotatable bonds is 0. The molecule has 0 saturated carbocycles. The molecule has 0 unspecified atom stereocenters. The molecule has 5 heavy (non-hydrogen) atoms. The maximum absolute atomic E-state index is 8.93. The van der Waals surface area contributed by atoms with Crippen LogP contribution in [0.2, 0.25) is 0 Å². The molecular formula is HFeO2S2-. The molecule has 0 radical (unpaired) electrons. The Morgan fingerprint density at radius 1 is 1.80 bits per heavy atom. The third kappa shape index (κ3) is 54.6. The first-order valence-corrected chi connectivity index (χ1v) is 2.55. The van der Waals surface area contributed by atoms with E-state index in [0.717, 1.165) is 0 Å². The summed E-state index contributed by atoms with van der Waals surface area (Å²) >= 11 is 3.65. The molecule has 0 spiro atoms. The summed E-state index contributed by atoms with van der Waals surface area (Å²) < 4.78 is 16.3. The van der Waals surface area contributed by atoms with Gasteiger partial charge in [-0.1, -0.05) is 9.64 Å². The molecule has 1 N–H and O–H groups in total. The molecule has 0 heterocycles. The molecule has 0 bridgehead atoms. The van der Waals surface area contributed by atoms with Crippen molar-refractivity contribution in [2.45, 2.75) is 0 Å². The molecule has 5 heteroatoms. The summed E-state index contributed by atoms with van der Waals surface area (Å²) in [4.78, 5) is 0. The average Bonchev–Trinajstić information content (AvgIpc) is 0.811. The van der Waals surface area contributed by atoms with Crippen molar-refractivity contribution in [3.63, 3.8) is 0 Å². The van der Waals surface area contributed by atoms with Crippen molar-refractivity contribution in [3.8, 4) is 0 Å². The molecule has 0 rings (SSSR count). The fourth-order valence-electron chi connectivity index (χ4n) is 0. The molecular weight excluding hydrogens is 152 g/mol. The van der Waals surface area contributed by atoms with Gasteiger partial charge in [-0.15, -0.1) is 0 Å². The molecule has 0 aromatic heterocycles. The largest absolute Gasteiger partial charge is 0.459 e. The molecule has 2 nitrogen and oxygen atoms in total. The van der Waals surface area contributed by atoms with Crippen LogP contribution < -0.4 is 0 Å². The molecule has 0 aliphatic carbocycles. The van der Waals surface area contributed by atoms with E-state index >= 15 is 0 Å². The molecule has 0 aliphatic heterocycles. The molecule has 0 aromatic rings. The van der Waals surface area contributed by atoms with Crippen molar-refractivity contribution in [2.24, 2.45) is 0 Å². The topological polar surface area (TPSA) is 37.3 Å². The van der Waals surface area contributed by atoms with Crippen LogP contribution in [0.1, 0.15) is 0 Å². The van der Waals surface area contributed by atoms with Gasteiger partial charge in [0.15, 0.2) is 0 Å². The van der Waals surface area contributed by atoms with Gasteiger partial charge in [0.05, 0.1) is 0 Å². The summed E-state index contributed by atoms with van der Waals surface area (Å²) in [6, 6.07) is 0. The van der Waals surface area contributed by atoms with Crippen molar-refractivity contribution >= 4 is 20.8 Å². The molecule has 0 aliphatic rings. The van der Waals surface area contributed by atoms with Crippen LogP contribution in [0.3, 0.4) is 0 Å². The Morgan fingerprint density at radius 2 is 1.80 bits per heavy atom. The van der Waals surface area contributed by atoms with Crippen LogP contribution in [0.5, 0.6) is 0 Å². The zero-order valence-electron chi connectivity index (χ0n) is 2.03. The first-order chi connectivity index (χ1) is 1.73. The van der Waals surface area contributed by atoms with Gasteiger partial charge in [-0.2, -0.15) is 0 Å². The van der Waals surface area contributed by atoms with Gasteiger partial charge in [0.2, 0.25) is 0 Å². The standard InChI is InChI=1S/Fe.HO2S2/c;1-4(2)3/h;(H,1,2,3)/q;-1. The first kappa shape index (κ1) is 9.28. The summed E-state index contributed by atoms with van der Waals surface area (Å²) in [5.41, 5.74) is 0. The average molecular weight is 153 g/mol. The molecule has 0 aromatic carbocycles. The fourth-order valence-corrected chi connectivity index (χ4v) is 0. The number of hydrogen-bond donors (Lipinski definition) is 1. The van der Waals surface area contributed by atoms with Crippen molar-refractivity contribution in [2.75, 3.05) is 0 Å². The minimum absolute atomic E-state index is 0. The van der Waals surface area contributed by atoms with E-state index in [9.17, 15) is 0 Å². The SMILES string of the molecule is O=[S-](O)=S.[Fe]. The number of hydrogen-bond acceptors (Lipinski definition) is 3. The molecule has 0 atom stereocenters. The van der Waals surface area contributed by atoms with Crippen molar-refractivity contribution in [1.82, 2.24) is 0 Å². The van der Waals surface area contributed by atoms with E-state index in [1.807, 2.05) is 0 Å². The zero-order valence-corrected chi connectivity index (χ0v) is 4.76. The normalized spacial score (nSPS) is 6.80.